The van der Waals surface area contributed by atoms with Gasteiger partial charge in [0.25, 0.3) is 0 Å². The lowest BCUT2D eigenvalue weighted by molar-refractivity contribution is -0.141. The highest BCUT2D eigenvalue weighted by Gasteiger charge is 2.47. The summed E-state index contributed by atoms with van der Waals surface area (Å²) in [5.74, 6) is 0.350. The topological polar surface area (TPSA) is 107 Å². The van der Waals surface area contributed by atoms with E-state index in [9.17, 15) is 23.5 Å². The van der Waals surface area contributed by atoms with E-state index in [1.807, 2.05) is 19.9 Å². The van der Waals surface area contributed by atoms with E-state index in [2.05, 4.69) is 25.6 Å². The Balaban J connectivity index is 1.77. The van der Waals surface area contributed by atoms with Crippen LogP contribution in [-0.2, 0) is 12.7 Å². The first kappa shape index (κ1) is 19.8. The zero-order chi connectivity index (χ0) is 20.5. The van der Waals surface area contributed by atoms with Gasteiger partial charge in [0.05, 0.1) is 12.3 Å². The van der Waals surface area contributed by atoms with Crippen molar-refractivity contribution >= 4 is 11.8 Å². The van der Waals surface area contributed by atoms with Gasteiger partial charge < -0.3 is 15.7 Å². The Morgan fingerprint density at radius 1 is 1.36 bits per heavy atom. The molecule has 0 amide bonds. The van der Waals surface area contributed by atoms with Crippen LogP contribution < -0.4 is 10.6 Å². The number of halogens is 3. The molecule has 10 heteroatoms. The number of alkyl halides is 3. The second-order valence-electron chi connectivity index (χ2n) is 7.20. The Morgan fingerprint density at radius 3 is 2.71 bits per heavy atom. The van der Waals surface area contributed by atoms with E-state index < -0.39 is 18.0 Å². The van der Waals surface area contributed by atoms with Crippen molar-refractivity contribution in [1.82, 2.24) is 15.0 Å². The van der Waals surface area contributed by atoms with Gasteiger partial charge in [-0.15, -0.1) is 0 Å². The first-order valence-corrected chi connectivity index (χ1v) is 8.59. The molecular formula is C18H19F3N6O. The Bertz CT molecular complexity index is 909. The molecule has 28 heavy (non-hydrogen) atoms. The van der Waals surface area contributed by atoms with E-state index in [-0.39, 0.29) is 40.9 Å². The molecule has 0 aromatic carbocycles. The van der Waals surface area contributed by atoms with Gasteiger partial charge in [-0.3, -0.25) is 4.98 Å². The number of nitriles is 1. The highest BCUT2D eigenvalue weighted by atomic mass is 19.4. The van der Waals surface area contributed by atoms with Crippen molar-refractivity contribution < 1.29 is 18.3 Å². The van der Waals surface area contributed by atoms with Gasteiger partial charge in [0, 0.05) is 29.8 Å². The van der Waals surface area contributed by atoms with Gasteiger partial charge in [-0.25, -0.2) is 4.98 Å². The Kier molecular flexibility index (Phi) is 5.12. The van der Waals surface area contributed by atoms with Crippen molar-refractivity contribution in [2.75, 3.05) is 10.6 Å². The van der Waals surface area contributed by atoms with Crippen LogP contribution in [0.15, 0.2) is 24.5 Å². The molecule has 0 unspecified atom stereocenters. The molecular weight excluding hydrogens is 373 g/mol. The summed E-state index contributed by atoms with van der Waals surface area (Å²) in [6.07, 6.45) is -2.13. The number of hydrogen-bond acceptors (Lipinski definition) is 7. The summed E-state index contributed by atoms with van der Waals surface area (Å²) in [6.45, 7) is 3.61. The smallest absolute Gasteiger partial charge is 0.392 e. The van der Waals surface area contributed by atoms with Crippen LogP contribution in [0.25, 0.3) is 0 Å². The van der Waals surface area contributed by atoms with Gasteiger partial charge in [0.15, 0.2) is 0 Å². The summed E-state index contributed by atoms with van der Waals surface area (Å²) in [6, 6.07) is 4.63. The second-order valence-corrected chi connectivity index (χ2v) is 7.20. The molecule has 2 aromatic heterocycles. The minimum atomic E-state index is -4.56. The van der Waals surface area contributed by atoms with E-state index in [1.54, 1.807) is 0 Å². The largest absolute Gasteiger partial charge is 0.433 e. The monoisotopic (exact) mass is 392 g/mol. The maximum absolute atomic E-state index is 13.0. The summed E-state index contributed by atoms with van der Waals surface area (Å²) >= 11 is 0. The Hall–Kier alpha value is -2.93. The minimum absolute atomic E-state index is 0.0410. The molecule has 0 aliphatic heterocycles. The third-order valence-electron chi connectivity index (χ3n) is 5.03. The number of aliphatic hydroxyl groups excluding tert-OH is 1. The average molecular weight is 392 g/mol. The number of hydrogen-bond donors (Lipinski definition) is 3. The molecule has 1 aliphatic rings. The van der Waals surface area contributed by atoms with Crippen LogP contribution >= 0.6 is 0 Å². The highest BCUT2D eigenvalue weighted by molar-refractivity contribution is 5.54. The predicted octanol–water partition coefficient (Wildman–Crippen LogP) is 2.95. The third-order valence-corrected chi connectivity index (χ3v) is 5.03. The molecule has 2 atom stereocenters. The molecule has 1 saturated carbocycles. The van der Waals surface area contributed by atoms with Crippen molar-refractivity contribution in [3.63, 3.8) is 0 Å². The van der Waals surface area contributed by atoms with Gasteiger partial charge in [0.2, 0.25) is 5.95 Å². The third kappa shape index (κ3) is 3.84. The first-order valence-electron chi connectivity index (χ1n) is 8.59. The van der Waals surface area contributed by atoms with E-state index >= 15 is 0 Å². The van der Waals surface area contributed by atoms with Gasteiger partial charge in [-0.1, -0.05) is 19.9 Å². The number of nitrogens with zero attached hydrogens (tertiary/aromatic N) is 4. The SMILES string of the molecule is CC1(C)[C@@H](O)C[C@H]1Nc1nc(NCc2cccnc2C(F)(F)F)ncc1C#N. The molecule has 0 bridgehead atoms. The average Bonchev–Trinajstić information content (AvgIpc) is 2.65. The quantitative estimate of drug-likeness (QED) is 0.718. The summed E-state index contributed by atoms with van der Waals surface area (Å²) in [4.78, 5) is 11.6. The van der Waals surface area contributed by atoms with Gasteiger partial charge >= 0.3 is 6.18 Å². The standard InChI is InChI=1S/C18H19F3N6O/c1-17(2)12(6-13(17)28)26-15-11(7-22)9-25-16(27-15)24-8-10-4-3-5-23-14(10)18(19,20)21/h3-5,9,12-13,28H,6,8H2,1-2H3,(H2,24,25,26,27)/t12-,13+/m1/s1. The molecule has 7 nitrogen and oxygen atoms in total. The van der Waals surface area contributed by atoms with Crippen molar-refractivity contribution in [1.29, 1.82) is 5.26 Å². The zero-order valence-electron chi connectivity index (χ0n) is 15.2. The fourth-order valence-electron chi connectivity index (χ4n) is 2.98. The molecule has 1 fully saturated rings. The number of aromatic nitrogens is 3. The number of rotatable bonds is 5. The number of anilines is 2. The molecule has 0 radical (unpaired) electrons. The molecule has 3 rings (SSSR count). The lowest BCUT2D eigenvalue weighted by Crippen LogP contribution is -2.57. The van der Waals surface area contributed by atoms with Crippen LogP contribution in [0.2, 0.25) is 0 Å². The van der Waals surface area contributed by atoms with Crippen LogP contribution in [0.3, 0.4) is 0 Å². The van der Waals surface area contributed by atoms with Crippen molar-refractivity contribution in [2.45, 2.75) is 45.1 Å². The maximum Gasteiger partial charge on any atom is 0.433 e. The second kappa shape index (κ2) is 7.24. The van der Waals surface area contributed by atoms with Crippen LogP contribution in [0.4, 0.5) is 24.9 Å². The van der Waals surface area contributed by atoms with Gasteiger partial charge in [-0.05, 0) is 12.5 Å². The van der Waals surface area contributed by atoms with E-state index in [0.29, 0.717) is 6.42 Å². The number of pyridine rings is 1. The predicted molar refractivity (Wildman–Crippen MR) is 95.1 cm³/mol. The van der Waals surface area contributed by atoms with Crippen LogP contribution in [0, 0.1) is 16.7 Å². The van der Waals surface area contributed by atoms with Crippen molar-refractivity contribution in [2.24, 2.45) is 5.41 Å². The minimum Gasteiger partial charge on any atom is -0.392 e. The van der Waals surface area contributed by atoms with E-state index in [0.717, 1.165) is 6.20 Å². The molecule has 148 valence electrons. The fraction of sp³-hybridized carbons (Fsp3) is 0.444. The summed E-state index contributed by atoms with van der Waals surface area (Å²) in [5, 5.41) is 25.0. The fourth-order valence-corrected chi connectivity index (χ4v) is 2.98. The molecule has 3 N–H and O–H groups in total. The normalized spacial score (nSPS) is 20.8. The van der Waals surface area contributed by atoms with E-state index in [4.69, 9.17) is 0 Å². The Labute approximate surface area is 159 Å². The first-order chi connectivity index (χ1) is 13.1. The highest BCUT2D eigenvalue weighted by Crippen LogP contribution is 2.42. The maximum atomic E-state index is 13.0. The lowest BCUT2D eigenvalue weighted by atomic mass is 9.64. The molecule has 1 aliphatic carbocycles. The van der Waals surface area contributed by atoms with Crippen molar-refractivity contribution in [3.8, 4) is 6.07 Å². The van der Waals surface area contributed by atoms with Crippen LogP contribution in [0.5, 0.6) is 0 Å². The van der Waals surface area contributed by atoms with Gasteiger partial charge in [0.1, 0.15) is 23.1 Å². The Morgan fingerprint density at radius 2 is 2.11 bits per heavy atom. The molecule has 2 aromatic rings. The molecule has 2 heterocycles. The van der Waals surface area contributed by atoms with Crippen molar-refractivity contribution in [3.05, 3.63) is 41.3 Å². The summed E-state index contributed by atoms with van der Waals surface area (Å²) in [7, 11) is 0. The van der Waals surface area contributed by atoms with Gasteiger partial charge in [-0.2, -0.15) is 23.4 Å². The zero-order valence-corrected chi connectivity index (χ0v) is 15.2. The summed E-state index contributed by atoms with van der Waals surface area (Å²) in [5.41, 5.74) is -1.19. The number of aliphatic hydroxyl groups is 1. The van der Waals surface area contributed by atoms with Crippen LogP contribution in [-0.4, -0.2) is 32.2 Å². The number of nitrogens with one attached hydrogen (secondary N) is 2. The van der Waals surface area contributed by atoms with E-state index in [1.165, 1.54) is 18.3 Å². The summed E-state index contributed by atoms with van der Waals surface area (Å²) < 4.78 is 39.1. The molecule has 0 saturated heterocycles. The molecule has 0 spiro atoms. The van der Waals surface area contributed by atoms with Crippen LogP contribution in [0.1, 0.15) is 37.1 Å². The lowest BCUT2D eigenvalue weighted by Gasteiger charge is -2.49.